The first kappa shape index (κ1) is 15.3. The van der Waals surface area contributed by atoms with Crippen LogP contribution in [-0.4, -0.2) is 24.3 Å². The van der Waals surface area contributed by atoms with Gasteiger partial charge in [-0.1, -0.05) is 57.8 Å². The van der Waals surface area contributed by atoms with E-state index in [9.17, 15) is 5.11 Å². The normalized spacial score (nSPS) is 26.4. The second kappa shape index (κ2) is 8.26. The van der Waals surface area contributed by atoms with Crippen LogP contribution in [0.2, 0.25) is 0 Å². The van der Waals surface area contributed by atoms with Crippen LogP contribution >= 0.6 is 0 Å². The highest BCUT2D eigenvalue weighted by molar-refractivity contribution is 4.95. The molecule has 0 bridgehead atoms. The van der Waals surface area contributed by atoms with Crippen molar-refractivity contribution in [1.29, 1.82) is 0 Å². The van der Waals surface area contributed by atoms with Gasteiger partial charge < -0.3 is 10.4 Å². The molecule has 0 radical (unpaired) electrons. The maximum Gasteiger partial charge on any atom is 0.0499 e. The van der Waals surface area contributed by atoms with Crippen molar-refractivity contribution in [1.82, 2.24) is 5.32 Å². The molecule has 0 amide bonds. The van der Waals surface area contributed by atoms with E-state index in [0.717, 1.165) is 6.54 Å². The molecule has 112 valence electrons. The Kier molecular flexibility index (Phi) is 6.66. The van der Waals surface area contributed by atoms with E-state index in [1.165, 1.54) is 83.5 Å². The number of aliphatic hydroxyl groups excluding tert-OH is 1. The Bertz CT molecular complexity index is 225. The Morgan fingerprint density at radius 2 is 1.26 bits per heavy atom. The van der Waals surface area contributed by atoms with Crippen LogP contribution in [0.25, 0.3) is 0 Å². The zero-order chi connectivity index (χ0) is 13.4. The summed E-state index contributed by atoms with van der Waals surface area (Å²) in [6.45, 7) is 1.43. The lowest BCUT2D eigenvalue weighted by Crippen LogP contribution is -2.35. The molecule has 19 heavy (non-hydrogen) atoms. The lowest BCUT2D eigenvalue weighted by molar-refractivity contribution is 0.201. The van der Waals surface area contributed by atoms with Gasteiger partial charge in [-0.2, -0.15) is 0 Å². The van der Waals surface area contributed by atoms with Gasteiger partial charge in [-0.25, -0.2) is 0 Å². The third kappa shape index (κ3) is 5.83. The van der Waals surface area contributed by atoms with Crippen molar-refractivity contribution >= 4 is 0 Å². The molecule has 0 aromatic heterocycles. The average Bonchev–Trinajstić information content (AvgIpc) is 3.19. The van der Waals surface area contributed by atoms with Gasteiger partial charge in [0.05, 0.1) is 0 Å². The second-order valence-corrected chi connectivity index (χ2v) is 7.00. The molecule has 2 saturated carbocycles. The Labute approximate surface area is 119 Å². The predicted molar refractivity (Wildman–Crippen MR) is 81.3 cm³/mol. The molecule has 0 aliphatic heterocycles. The molecule has 2 aliphatic rings. The van der Waals surface area contributed by atoms with E-state index in [-0.39, 0.29) is 5.41 Å². The van der Waals surface area contributed by atoms with Gasteiger partial charge in [-0.15, -0.1) is 0 Å². The van der Waals surface area contributed by atoms with E-state index in [4.69, 9.17) is 0 Å². The first-order valence-electron chi connectivity index (χ1n) is 8.69. The summed E-state index contributed by atoms with van der Waals surface area (Å²) in [6, 6.07) is 0.712. The molecule has 0 spiro atoms. The molecule has 0 atom stereocenters. The SMILES string of the molecule is OCC1(CNC2CCCCCCCCCCC2)CC1. The second-order valence-electron chi connectivity index (χ2n) is 7.00. The van der Waals surface area contributed by atoms with Gasteiger partial charge in [0.15, 0.2) is 0 Å². The highest BCUT2D eigenvalue weighted by Crippen LogP contribution is 2.44. The molecule has 2 heteroatoms. The van der Waals surface area contributed by atoms with Crippen LogP contribution in [0.3, 0.4) is 0 Å². The van der Waals surface area contributed by atoms with Gasteiger partial charge in [0.2, 0.25) is 0 Å². The molecule has 0 aromatic rings. The molecule has 2 rings (SSSR count). The molecule has 2 nitrogen and oxygen atoms in total. The Hall–Kier alpha value is -0.0800. The fraction of sp³-hybridized carbons (Fsp3) is 1.00. The van der Waals surface area contributed by atoms with Crippen LogP contribution in [0.15, 0.2) is 0 Å². The minimum atomic E-state index is 0.268. The largest absolute Gasteiger partial charge is 0.396 e. The van der Waals surface area contributed by atoms with E-state index in [0.29, 0.717) is 12.6 Å². The standard InChI is InChI=1S/C17H33NO/c19-15-17(12-13-17)14-18-16-10-8-6-4-2-1-3-5-7-9-11-16/h16,18-19H,1-15H2. The van der Waals surface area contributed by atoms with Crippen LogP contribution in [-0.2, 0) is 0 Å². The van der Waals surface area contributed by atoms with E-state index in [2.05, 4.69) is 5.32 Å². The predicted octanol–water partition coefficient (Wildman–Crippen LogP) is 4.02. The Morgan fingerprint density at radius 3 is 1.68 bits per heavy atom. The number of hydrogen-bond acceptors (Lipinski definition) is 2. The smallest absolute Gasteiger partial charge is 0.0499 e. The summed E-state index contributed by atoms with van der Waals surface area (Å²) in [4.78, 5) is 0. The first-order chi connectivity index (χ1) is 9.35. The van der Waals surface area contributed by atoms with Crippen LogP contribution in [0.5, 0.6) is 0 Å². The lowest BCUT2D eigenvalue weighted by atomic mass is 9.97. The number of aliphatic hydroxyl groups is 1. The number of nitrogens with one attached hydrogen (secondary N) is 1. The molecule has 2 fully saturated rings. The minimum absolute atomic E-state index is 0.268. The van der Waals surface area contributed by atoms with Crippen molar-refractivity contribution in [2.45, 2.75) is 89.5 Å². The summed E-state index contributed by atoms with van der Waals surface area (Å²) in [7, 11) is 0. The fourth-order valence-corrected chi connectivity index (χ4v) is 3.30. The van der Waals surface area contributed by atoms with Gasteiger partial charge >= 0.3 is 0 Å². The van der Waals surface area contributed by atoms with Crippen LogP contribution in [0.1, 0.15) is 83.5 Å². The number of rotatable bonds is 4. The monoisotopic (exact) mass is 267 g/mol. The van der Waals surface area contributed by atoms with Crippen molar-refractivity contribution in [2.24, 2.45) is 5.41 Å². The highest BCUT2D eigenvalue weighted by Gasteiger charge is 2.41. The summed E-state index contributed by atoms with van der Waals surface area (Å²) < 4.78 is 0. The van der Waals surface area contributed by atoms with Gasteiger partial charge in [-0.05, 0) is 25.7 Å². The van der Waals surface area contributed by atoms with Gasteiger partial charge in [0, 0.05) is 24.6 Å². The van der Waals surface area contributed by atoms with Crippen LogP contribution in [0, 0.1) is 5.41 Å². The van der Waals surface area contributed by atoms with Crippen molar-refractivity contribution in [3.05, 3.63) is 0 Å². The van der Waals surface area contributed by atoms with Gasteiger partial charge in [0.25, 0.3) is 0 Å². The van der Waals surface area contributed by atoms with Crippen molar-refractivity contribution in [3.8, 4) is 0 Å². The zero-order valence-electron chi connectivity index (χ0n) is 12.6. The molecule has 0 aromatic carbocycles. The van der Waals surface area contributed by atoms with E-state index in [1.54, 1.807) is 0 Å². The summed E-state index contributed by atoms with van der Waals surface area (Å²) in [5.41, 5.74) is 0.268. The number of hydrogen-bond donors (Lipinski definition) is 2. The lowest BCUT2D eigenvalue weighted by Gasteiger charge is -2.22. The fourth-order valence-electron chi connectivity index (χ4n) is 3.30. The zero-order valence-corrected chi connectivity index (χ0v) is 12.6. The van der Waals surface area contributed by atoms with E-state index >= 15 is 0 Å². The van der Waals surface area contributed by atoms with Gasteiger partial charge in [0.1, 0.15) is 0 Å². The molecule has 0 saturated heterocycles. The Balaban J connectivity index is 1.68. The highest BCUT2D eigenvalue weighted by atomic mass is 16.3. The molecular formula is C17H33NO. The van der Waals surface area contributed by atoms with Gasteiger partial charge in [-0.3, -0.25) is 0 Å². The molecule has 2 N–H and O–H groups in total. The summed E-state index contributed by atoms with van der Waals surface area (Å²) in [5.74, 6) is 0. The van der Waals surface area contributed by atoms with E-state index < -0.39 is 0 Å². The summed E-state index contributed by atoms with van der Waals surface area (Å²) in [6.07, 6.45) is 18.0. The minimum Gasteiger partial charge on any atom is -0.396 e. The maximum atomic E-state index is 9.40. The summed E-state index contributed by atoms with van der Waals surface area (Å²) in [5, 5.41) is 13.2. The maximum absolute atomic E-state index is 9.40. The quantitative estimate of drug-likeness (QED) is 0.806. The van der Waals surface area contributed by atoms with E-state index in [1.807, 2.05) is 0 Å². The first-order valence-corrected chi connectivity index (χ1v) is 8.69. The average molecular weight is 267 g/mol. The molecule has 0 unspecified atom stereocenters. The van der Waals surface area contributed by atoms with Crippen molar-refractivity contribution < 1.29 is 5.11 Å². The molecular weight excluding hydrogens is 234 g/mol. The van der Waals surface area contributed by atoms with Crippen molar-refractivity contribution in [3.63, 3.8) is 0 Å². The van der Waals surface area contributed by atoms with Crippen LogP contribution < -0.4 is 5.32 Å². The third-order valence-corrected chi connectivity index (χ3v) is 5.16. The molecule has 0 heterocycles. The third-order valence-electron chi connectivity index (χ3n) is 5.16. The van der Waals surface area contributed by atoms with Crippen molar-refractivity contribution in [2.75, 3.05) is 13.2 Å². The Morgan fingerprint density at radius 1 is 0.789 bits per heavy atom. The topological polar surface area (TPSA) is 32.3 Å². The van der Waals surface area contributed by atoms with Crippen LogP contribution in [0.4, 0.5) is 0 Å². The molecule has 2 aliphatic carbocycles. The summed E-state index contributed by atoms with van der Waals surface area (Å²) >= 11 is 0.